The quantitative estimate of drug-likeness (QED) is 0.555. The first kappa shape index (κ1) is 19.6. The van der Waals surface area contributed by atoms with E-state index < -0.39 is 0 Å². The normalized spacial score (nSPS) is 13.1. The van der Waals surface area contributed by atoms with E-state index in [1.54, 1.807) is 18.0 Å². The molecule has 148 valence electrons. The maximum atomic E-state index is 12.9. The van der Waals surface area contributed by atoms with Crippen molar-refractivity contribution < 1.29 is 9.59 Å². The van der Waals surface area contributed by atoms with Gasteiger partial charge in [0.2, 0.25) is 5.91 Å². The molecule has 0 spiro atoms. The van der Waals surface area contributed by atoms with Crippen LogP contribution in [0.5, 0.6) is 0 Å². The van der Waals surface area contributed by atoms with Gasteiger partial charge in [0.25, 0.3) is 5.91 Å². The largest absolute Gasteiger partial charge is 0.347 e. The molecule has 4 rings (SSSR count). The Bertz CT molecular complexity index is 1010. The number of pyridine rings is 1. The molecule has 1 saturated carbocycles. The zero-order chi connectivity index (χ0) is 20.2. The lowest BCUT2D eigenvalue weighted by Gasteiger charge is -2.09. The standard InChI is InChI=1S/C21H20N4O2S2/c1-28-15-9-5-13(6-10-15)12-23-21(27)19-18(24-20(26)14-7-8-14)17(25-29-19)16-4-2-3-11-22-16/h2-6,9-11,14H,7-8,12H2,1H3,(H,23,27)(H,24,26). The molecule has 2 N–H and O–H groups in total. The number of hydrogen-bond donors (Lipinski definition) is 2. The zero-order valence-electron chi connectivity index (χ0n) is 15.8. The molecule has 1 aliphatic rings. The van der Waals surface area contributed by atoms with E-state index in [1.165, 1.54) is 4.90 Å². The van der Waals surface area contributed by atoms with E-state index in [0.29, 0.717) is 28.5 Å². The number of aromatic nitrogens is 2. The summed E-state index contributed by atoms with van der Waals surface area (Å²) in [6.45, 7) is 0.403. The van der Waals surface area contributed by atoms with Crippen molar-refractivity contribution in [2.75, 3.05) is 11.6 Å². The number of benzene rings is 1. The van der Waals surface area contributed by atoms with Crippen LogP contribution in [0.15, 0.2) is 53.6 Å². The van der Waals surface area contributed by atoms with Crippen LogP contribution in [0, 0.1) is 5.92 Å². The van der Waals surface area contributed by atoms with Gasteiger partial charge in [0, 0.05) is 23.6 Å². The van der Waals surface area contributed by atoms with Crippen LogP contribution in [0.2, 0.25) is 0 Å². The van der Waals surface area contributed by atoms with Gasteiger partial charge in [-0.05, 0) is 60.5 Å². The summed E-state index contributed by atoms with van der Waals surface area (Å²) in [5, 5.41) is 5.85. The molecule has 8 heteroatoms. The molecule has 0 bridgehead atoms. The van der Waals surface area contributed by atoms with Gasteiger partial charge in [-0.2, -0.15) is 4.37 Å². The maximum absolute atomic E-state index is 12.9. The number of nitrogens with one attached hydrogen (secondary N) is 2. The molecule has 2 amide bonds. The molecule has 2 heterocycles. The molecular weight excluding hydrogens is 404 g/mol. The predicted octanol–water partition coefficient (Wildman–Crippen LogP) is 4.21. The average Bonchev–Trinajstić information content (AvgIpc) is 3.54. The molecule has 0 unspecified atom stereocenters. The molecule has 6 nitrogen and oxygen atoms in total. The third kappa shape index (κ3) is 4.65. The molecule has 2 aromatic heterocycles. The lowest BCUT2D eigenvalue weighted by atomic mass is 10.2. The Balaban J connectivity index is 1.55. The van der Waals surface area contributed by atoms with Gasteiger partial charge in [-0.3, -0.25) is 14.6 Å². The predicted molar refractivity (Wildman–Crippen MR) is 116 cm³/mol. The SMILES string of the molecule is CSc1ccc(CNC(=O)c2snc(-c3ccccn3)c2NC(=O)C2CC2)cc1. The summed E-state index contributed by atoms with van der Waals surface area (Å²) in [5.41, 5.74) is 2.61. The van der Waals surface area contributed by atoms with Crippen molar-refractivity contribution in [1.29, 1.82) is 0 Å². The fourth-order valence-electron chi connectivity index (χ4n) is 2.82. The second-order valence-corrected chi connectivity index (χ2v) is 8.40. The average molecular weight is 425 g/mol. The number of amides is 2. The Morgan fingerprint density at radius 2 is 1.97 bits per heavy atom. The molecule has 1 aliphatic carbocycles. The Morgan fingerprint density at radius 3 is 2.62 bits per heavy atom. The van der Waals surface area contributed by atoms with E-state index in [2.05, 4.69) is 20.0 Å². The van der Waals surface area contributed by atoms with Crippen LogP contribution in [0.25, 0.3) is 11.4 Å². The maximum Gasteiger partial charge on any atom is 0.265 e. The molecule has 0 radical (unpaired) electrons. The van der Waals surface area contributed by atoms with Crippen LogP contribution in [-0.2, 0) is 11.3 Å². The number of hydrogen-bond acceptors (Lipinski definition) is 6. The van der Waals surface area contributed by atoms with Crippen LogP contribution < -0.4 is 10.6 Å². The van der Waals surface area contributed by atoms with Crippen molar-refractivity contribution in [2.24, 2.45) is 5.92 Å². The van der Waals surface area contributed by atoms with E-state index in [9.17, 15) is 9.59 Å². The molecule has 3 aromatic rings. The third-order valence-corrected chi connectivity index (χ3v) is 6.20. The van der Waals surface area contributed by atoms with Crippen molar-refractivity contribution >= 4 is 40.8 Å². The van der Waals surface area contributed by atoms with Crippen LogP contribution in [-0.4, -0.2) is 27.4 Å². The highest BCUT2D eigenvalue weighted by Gasteiger charge is 2.32. The fourth-order valence-corrected chi connectivity index (χ4v) is 3.99. The zero-order valence-corrected chi connectivity index (χ0v) is 17.5. The first-order chi connectivity index (χ1) is 14.2. The minimum Gasteiger partial charge on any atom is -0.347 e. The second kappa shape index (κ2) is 8.75. The first-order valence-corrected chi connectivity index (χ1v) is 11.3. The van der Waals surface area contributed by atoms with Gasteiger partial charge < -0.3 is 10.6 Å². The number of nitrogens with zero attached hydrogens (tertiary/aromatic N) is 2. The van der Waals surface area contributed by atoms with Gasteiger partial charge in [-0.25, -0.2) is 0 Å². The van der Waals surface area contributed by atoms with E-state index >= 15 is 0 Å². The molecule has 0 atom stereocenters. The molecule has 0 aliphatic heterocycles. The Hall–Kier alpha value is -2.71. The van der Waals surface area contributed by atoms with Crippen molar-refractivity contribution in [3.63, 3.8) is 0 Å². The van der Waals surface area contributed by atoms with Crippen molar-refractivity contribution in [3.8, 4) is 11.4 Å². The highest BCUT2D eigenvalue weighted by Crippen LogP contribution is 2.35. The molecule has 0 saturated heterocycles. The minimum atomic E-state index is -0.260. The van der Waals surface area contributed by atoms with Gasteiger partial charge in [-0.15, -0.1) is 11.8 Å². The second-order valence-electron chi connectivity index (χ2n) is 6.74. The summed E-state index contributed by atoms with van der Waals surface area (Å²) in [7, 11) is 0. The molecule has 29 heavy (non-hydrogen) atoms. The number of thioether (sulfide) groups is 1. The Morgan fingerprint density at radius 1 is 1.17 bits per heavy atom. The molecule has 1 aromatic carbocycles. The van der Waals surface area contributed by atoms with E-state index in [-0.39, 0.29) is 17.7 Å². The fraction of sp³-hybridized carbons (Fsp3) is 0.238. The van der Waals surface area contributed by atoms with Gasteiger partial charge in [0.1, 0.15) is 10.6 Å². The summed E-state index contributed by atoms with van der Waals surface area (Å²) >= 11 is 2.75. The van der Waals surface area contributed by atoms with Crippen LogP contribution in [0.1, 0.15) is 28.1 Å². The number of carbonyl (C=O) groups excluding carboxylic acids is 2. The highest BCUT2D eigenvalue weighted by molar-refractivity contribution is 7.98. The summed E-state index contributed by atoms with van der Waals surface area (Å²) in [4.78, 5) is 31.1. The van der Waals surface area contributed by atoms with Crippen LogP contribution >= 0.6 is 23.3 Å². The molecule has 1 fully saturated rings. The third-order valence-electron chi connectivity index (χ3n) is 4.61. The Kier molecular flexibility index (Phi) is 5.92. The topological polar surface area (TPSA) is 84.0 Å². The number of rotatable bonds is 7. The smallest absolute Gasteiger partial charge is 0.265 e. The lowest BCUT2D eigenvalue weighted by Crippen LogP contribution is -2.24. The van der Waals surface area contributed by atoms with Crippen molar-refractivity contribution in [2.45, 2.75) is 24.3 Å². The minimum absolute atomic E-state index is 0.0253. The van der Waals surface area contributed by atoms with Gasteiger partial charge in [0.05, 0.1) is 11.4 Å². The first-order valence-electron chi connectivity index (χ1n) is 9.29. The summed E-state index contributed by atoms with van der Waals surface area (Å²) in [5.74, 6) is -0.300. The van der Waals surface area contributed by atoms with E-state index in [4.69, 9.17) is 0 Å². The lowest BCUT2D eigenvalue weighted by molar-refractivity contribution is -0.117. The van der Waals surface area contributed by atoms with E-state index in [0.717, 1.165) is 29.9 Å². The monoisotopic (exact) mass is 424 g/mol. The number of carbonyl (C=O) groups is 2. The molecular formula is C21H20N4O2S2. The summed E-state index contributed by atoms with van der Waals surface area (Å²) < 4.78 is 4.42. The van der Waals surface area contributed by atoms with Crippen molar-refractivity contribution in [1.82, 2.24) is 14.7 Å². The van der Waals surface area contributed by atoms with E-state index in [1.807, 2.05) is 48.7 Å². The summed E-state index contributed by atoms with van der Waals surface area (Å²) in [6.07, 6.45) is 5.46. The highest BCUT2D eigenvalue weighted by atomic mass is 32.2. The van der Waals surface area contributed by atoms with Gasteiger partial charge in [0.15, 0.2) is 0 Å². The Labute approximate surface area is 177 Å². The van der Waals surface area contributed by atoms with Crippen LogP contribution in [0.4, 0.5) is 5.69 Å². The van der Waals surface area contributed by atoms with Gasteiger partial charge in [-0.1, -0.05) is 18.2 Å². The number of anilines is 1. The van der Waals surface area contributed by atoms with Crippen molar-refractivity contribution in [3.05, 3.63) is 59.1 Å². The van der Waals surface area contributed by atoms with Gasteiger partial charge >= 0.3 is 0 Å². The van der Waals surface area contributed by atoms with Crippen LogP contribution in [0.3, 0.4) is 0 Å². The summed E-state index contributed by atoms with van der Waals surface area (Å²) in [6, 6.07) is 13.5.